The van der Waals surface area contributed by atoms with Crippen molar-refractivity contribution in [2.75, 3.05) is 41.7 Å². The molecule has 0 heterocycles. The molecule has 2 rings (SSSR count). The van der Waals surface area contributed by atoms with Gasteiger partial charge in [0.15, 0.2) is 16.6 Å². The summed E-state index contributed by atoms with van der Waals surface area (Å²) in [6.45, 7) is 27.2. The molecule has 0 aliphatic rings. The second-order valence-electron chi connectivity index (χ2n) is 20.3. The van der Waals surface area contributed by atoms with E-state index in [1.165, 1.54) is 19.8 Å². The highest BCUT2D eigenvalue weighted by Gasteiger charge is 2.41. The minimum atomic E-state index is -2.12. The summed E-state index contributed by atoms with van der Waals surface area (Å²) >= 11 is 0. The van der Waals surface area contributed by atoms with Gasteiger partial charge in [0, 0.05) is 0 Å². The highest BCUT2D eigenvalue weighted by molar-refractivity contribution is 8.77. The first kappa shape index (κ1) is 73.9. The van der Waals surface area contributed by atoms with Crippen LogP contribution in [0.2, 0.25) is 36.3 Å². The Balaban J connectivity index is 0. The van der Waals surface area contributed by atoms with Crippen molar-refractivity contribution in [2.24, 2.45) is 0 Å². The lowest BCUT2D eigenvalue weighted by Crippen LogP contribution is -2.46. The molecule has 12 nitrogen and oxygen atoms in total. The van der Waals surface area contributed by atoms with Gasteiger partial charge in [0.2, 0.25) is 0 Å². The first-order chi connectivity index (χ1) is 32.7. The number of allylic oxidation sites excluding steroid dienone is 1. The van der Waals surface area contributed by atoms with Gasteiger partial charge in [0.25, 0.3) is 0 Å². The van der Waals surface area contributed by atoms with E-state index >= 15 is 0 Å². The number of aliphatic hydroxyl groups excluding tert-OH is 1. The average molecular weight is 1200 g/mol. The summed E-state index contributed by atoms with van der Waals surface area (Å²) in [5.74, 6) is 1.04. The van der Waals surface area contributed by atoms with Gasteiger partial charge in [-0.15, -0.1) is 53.6 Å². The van der Waals surface area contributed by atoms with E-state index in [9.17, 15) is 19.8 Å². The quantitative estimate of drug-likeness (QED) is 0.0304. The van der Waals surface area contributed by atoms with Crippen LogP contribution in [-0.2, 0) is 50.6 Å². The Hall–Kier alpha value is 0.784. The zero-order chi connectivity index (χ0) is 55.2. The number of methoxy groups -OCH3 is 4. The molecule has 0 saturated carbocycles. The number of esters is 2. The van der Waals surface area contributed by atoms with Crippen molar-refractivity contribution in [2.45, 2.75) is 167 Å². The Morgan fingerprint density at radius 2 is 1.06 bits per heavy atom. The van der Waals surface area contributed by atoms with Gasteiger partial charge in [0.05, 0.1) is 85.5 Å². The molecule has 0 aliphatic carbocycles. The molecule has 2 N–H and O–H groups in total. The molecule has 2 aromatic rings. The molecule has 23 heteroatoms. The van der Waals surface area contributed by atoms with Gasteiger partial charge in [-0.3, -0.25) is 9.59 Å². The molecule has 2 aromatic carbocycles. The zero-order valence-corrected chi connectivity index (χ0v) is 57.6. The van der Waals surface area contributed by atoms with Crippen molar-refractivity contribution in [3.8, 4) is 11.5 Å². The van der Waals surface area contributed by atoms with Gasteiger partial charge in [-0.05, 0) is 125 Å². The molecule has 0 saturated heterocycles. The highest BCUT2D eigenvalue weighted by atomic mass is 32.8. The maximum Gasteiger partial charge on any atom is 0.308 e. The number of rotatable bonds is 26. The number of ether oxygens (including phenoxy) is 6. The fourth-order valence-electron chi connectivity index (χ4n) is 5.53. The van der Waals surface area contributed by atoms with E-state index in [2.05, 4.69) is 134 Å². The van der Waals surface area contributed by atoms with Crippen LogP contribution in [0.4, 0.5) is 0 Å². The van der Waals surface area contributed by atoms with Crippen LogP contribution in [-0.4, -0.2) is 104 Å². The third-order valence-corrected chi connectivity index (χ3v) is 33.2. The normalized spacial score (nSPS) is 14.5. The molecule has 0 spiro atoms. The average Bonchev–Trinajstić information content (AvgIpc) is 3.28. The van der Waals surface area contributed by atoms with E-state index in [0.717, 1.165) is 43.4 Å². The maximum absolute atomic E-state index is 11.9. The molecular weight excluding hydrogens is 1100 g/mol. The Labute approximate surface area is 450 Å². The first-order valence-corrected chi connectivity index (χ1v) is 43.7. The minimum Gasteiger partial charge on any atom is -0.497 e. The van der Waals surface area contributed by atoms with E-state index in [1.807, 2.05) is 48.5 Å². The van der Waals surface area contributed by atoms with Gasteiger partial charge < -0.3 is 47.5 Å². The van der Waals surface area contributed by atoms with Gasteiger partial charge in [-0.2, -0.15) is 0 Å². The van der Waals surface area contributed by atoms with Gasteiger partial charge in [-0.25, -0.2) is 0 Å². The molecule has 0 aliphatic heterocycles. The Kier molecular flexibility index (Phi) is 39.9. The summed E-state index contributed by atoms with van der Waals surface area (Å²) < 4.78 is 44.3. The number of hydrogen-bond acceptors (Lipinski definition) is 12. The van der Waals surface area contributed by atoms with Crippen LogP contribution in [0.5, 0.6) is 11.5 Å². The predicted molar refractivity (Wildman–Crippen MR) is 332 cm³/mol. The fourth-order valence-corrected chi connectivity index (χ4v) is 8.31. The van der Waals surface area contributed by atoms with E-state index in [0.29, 0.717) is 32.7 Å². The van der Waals surface area contributed by atoms with Gasteiger partial charge in [0.1, 0.15) is 17.6 Å². The van der Waals surface area contributed by atoms with Crippen LogP contribution in [0, 0.1) is 0 Å². The van der Waals surface area contributed by atoms with Gasteiger partial charge in [-0.1, -0.05) is 85.4 Å². The summed E-state index contributed by atoms with van der Waals surface area (Å²) in [6.07, 6.45) is 3.26. The lowest BCUT2D eigenvalue weighted by molar-refractivity contribution is -0.144. The van der Waals surface area contributed by atoms with Crippen LogP contribution in [0.15, 0.2) is 60.2 Å². The second-order valence-corrected chi connectivity index (χ2v) is 55.4. The molecule has 0 fully saturated rings. The standard InChI is InChI=1S/C24H42O7Si.C24H40O5Si.H7P5.H6P4/c1-23(2,3)32(7,8)31-20(15-22(26)29-6)13-14-24(4,27)21(25)17-30-16-18-9-11-19(28-5)12-10-18;1-19(15-16-28-18-20-10-13-21(26-5)14-11-20)9-12-22(17-23(25)27-6)29-30(7,8)24(2,3)4;1-4-5(2)3;1-4(2)3/h9-12,20-21,25,27H,13-17H2,1-8H3;10-11,13-15,22H,9,12,16-18H2,1-8H3;4H,1-3H2;1-3H2/b;19-15-;;/t20-,21+,24-;22-;;/m11../s1. The molecule has 11 atom stereocenters. The highest BCUT2D eigenvalue weighted by Crippen LogP contribution is 2.71. The van der Waals surface area contributed by atoms with Crippen molar-refractivity contribution in [1.82, 2.24) is 0 Å². The molecule has 0 bridgehead atoms. The van der Waals surface area contributed by atoms with E-state index in [1.54, 1.807) is 21.1 Å². The third-order valence-electron chi connectivity index (χ3n) is 12.2. The molecule has 0 radical (unpaired) electrons. The monoisotopic (exact) mass is 1200 g/mol. The van der Waals surface area contributed by atoms with Crippen molar-refractivity contribution in [3.05, 3.63) is 71.3 Å². The number of carbonyl (C=O) groups is 2. The van der Waals surface area contributed by atoms with Crippen molar-refractivity contribution in [1.29, 1.82) is 0 Å². The summed E-state index contributed by atoms with van der Waals surface area (Å²) in [7, 11) is 19.2. The van der Waals surface area contributed by atoms with Crippen molar-refractivity contribution in [3.63, 3.8) is 0 Å². The fraction of sp³-hybridized carbons (Fsp3) is 0.667. The lowest BCUT2D eigenvalue weighted by atomic mass is 9.91. The molecule has 7 unspecified atom stereocenters. The van der Waals surface area contributed by atoms with Crippen LogP contribution >= 0.6 is 75.5 Å². The summed E-state index contributed by atoms with van der Waals surface area (Å²) in [5, 5.41) is 21.4. The zero-order valence-electron chi connectivity index (χ0n) is 45.8. The SMILES string of the molecule is COC(=O)C[C@@H](CC/C(C)=C\COCc1ccc(OC)cc1)O[Si](C)(C)C(C)(C)C.COC(=O)C[C@@H](CC[C@@](C)(O)[C@@H](O)COCc1ccc(OC)cc1)O[Si](C)(C)C(C)(C)C.PP(P)P.PPP(P)P. The van der Waals surface area contributed by atoms with Crippen molar-refractivity contribution < 1.29 is 57.1 Å². The Morgan fingerprint density at radius 1 is 0.690 bits per heavy atom. The molecule has 412 valence electrons. The second kappa shape index (κ2) is 38.4. The Bertz CT molecular complexity index is 1760. The number of hydrogen-bond donors (Lipinski definition) is 2. The maximum atomic E-state index is 11.9. The predicted octanol–water partition coefficient (Wildman–Crippen LogP) is 14.2. The number of aliphatic hydroxyl groups is 2. The topological polar surface area (TPSA) is 148 Å². The van der Waals surface area contributed by atoms with E-state index in [-0.39, 0.29) is 67.6 Å². The third kappa shape index (κ3) is 35.8. The van der Waals surface area contributed by atoms with E-state index < -0.39 is 28.3 Å². The minimum absolute atomic E-state index is 0.0101. The van der Waals surface area contributed by atoms with Crippen LogP contribution in [0.1, 0.15) is 105 Å². The van der Waals surface area contributed by atoms with E-state index in [4.69, 9.17) is 37.3 Å². The van der Waals surface area contributed by atoms with Crippen LogP contribution in [0.3, 0.4) is 0 Å². The summed E-state index contributed by atoms with van der Waals surface area (Å²) in [5.41, 5.74) is 1.91. The number of carbonyl (C=O) groups excluding carboxylic acids is 2. The van der Waals surface area contributed by atoms with Crippen LogP contribution in [0.25, 0.3) is 0 Å². The summed E-state index contributed by atoms with van der Waals surface area (Å²) in [4.78, 5) is 23.8. The molecule has 71 heavy (non-hydrogen) atoms. The van der Waals surface area contributed by atoms with Crippen LogP contribution < -0.4 is 9.47 Å². The lowest BCUT2D eigenvalue weighted by Gasteiger charge is -2.40. The largest absolute Gasteiger partial charge is 0.497 e. The smallest absolute Gasteiger partial charge is 0.308 e. The Morgan fingerprint density at radius 3 is 1.39 bits per heavy atom. The summed E-state index contributed by atoms with van der Waals surface area (Å²) in [6, 6.07) is 15.3. The molecular formula is C48H95O12P9Si2. The molecule has 0 amide bonds. The number of benzene rings is 2. The first-order valence-electron chi connectivity index (χ1n) is 23.5. The molecule has 0 aromatic heterocycles. The van der Waals surface area contributed by atoms with Gasteiger partial charge >= 0.3 is 11.9 Å². The van der Waals surface area contributed by atoms with Crippen molar-refractivity contribution >= 4 is 104 Å².